The predicted molar refractivity (Wildman–Crippen MR) is 145 cm³/mol. The minimum Gasteiger partial charge on any atom is -0.457 e. The van der Waals surface area contributed by atoms with Gasteiger partial charge >= 0.3 is 0 Å². The van der Waals surface area contributed by atoms with Crippen molar-refractivity contribution in [2.24, 2.45) is 0 Å². The number of sulfonamides is 1. The number of carbonyl (C=O) groups is 2. The van der Waals surface area contributed by atoms with E-state index < -0.39 is 28.5 Å². The second-order valence-corrected chi connectivity index (χ2v) is 10.6. The number of hydrogen-bond donors (Lipinski definition) is 1. The number of aryl methyl sites for hydroxylation is 1. The van der Waals surface area contributed by atoms with Crippen molar-refractivity contribution in [3.8, 4) is 11.5 Å². The molecule has 0 bridgehead atoms. The second kappa shape index (κ2) is 12.4. The van der Waals surface area contributed by atoms with Gasteiger partial charge in [0, 0.05) is 13.1 Å². The van der Waals surface area contributed by atoms with Crippen molar-refractivity contribution < 1.29 is 22.7 Å². The molecular weight excluding hydrogens is 490 g/mol. The summed E-state index contributed by atoms with van der Waals surface area (Å²) < 4.78 is 32.3. The maximum absolute atomic E-state index is 13.6. The Labute approximate surface area is 218 Å². The van der Waals surface area contributed by atoms with Crippen molar-refractivity contribution in [3.05, 3.63) is 90.0 Å². The summed E-state index contributed by atoms with van der Waals surface area (Å²) in [6, 6.07) is 22.5. The lowest BCUT2D eigenvalue weighted by Crippen LogP contribution is -2.51. The van der Waals surface area contributed by atoms with Crippen LogP contribution in [0.3, 0.4) is 0 Å². The van der Waals surface area contributed by atoms with Gasteiger partial charge in [-0.15, -0.1) is 0 Å². The minimum absolute atomic E-state index is 0.172. The Morgan fingerprint density at radius 1 is 0.919 bits per heavy atom. The molecule has 0 heterocycles. The molecule has 8 nitrogen and oxygen atoms in total. The first-order valence-electron chi connectivity index (χ1n) is 12.0. The highest BCUT2D eigenvalue weighted by Gasteiger charge is 2.30. The van der Waals surface area contributed by atoms with Gasteiger partial charge in [-0.2, -0.15) is 0 Å². The Morgan fingerprint density at radius 2 is 1.51 bits per heavy atom. The fourth-order valence-corrected chi connectivity index (χ4v) is 4.64. The van der Waals surface area contributed by atoms with E-state index in [0.29, 0.717) is 23.7 Å². The van der Waals surface area contributed by atoms with Crippen LogP contribution in [0.5, 0.6) is 11.5 Å². The molecule has 0 fully saturated rings. The van der Waals surface area contributed by atoms with E-state index in [0.717, 1.165) is 21.7 Å². The first-order chi connectivity index (χ1) is 17.6. The number of hydrogen-bond acceptors (Lipinski definition) is 5. The Morgan fingerprint density at radius 3 is 2.11 bits per heavy atom. The lowest BCUT2D eigenvalue weighted by atomic mass is 10.1. The van der Waals surface area contributed by atoms with Crippen LogP contribution in [0.25, 0.3) is 0 Å². The summed E-state index contributed by atoms with van der Waals surface area (Å²) in [5, 5.41) is 2.74. The fraction of sp³-hybridized carbons (Fsp3) is 0.286. The Hall–Kier alpha value is -3.85. The Bertz CT molecular complexity index is 1310. The van der Waals surface area contributed by atoms with Gasteiger partial charge in [-0.05, 0) is 68.3 Å². The summed E-state index contributed by atoms with van der Waals surface area (Å²) in [4.78, 5) is 27.6. The number of anilines is 1. The molecule has 0 unspecified atom stereocenters. The molecule has 1 atom stereocenters. The zero-order valence-electron chi connectivity index (χ0n) is 21.5. The quantitative estimate of drug-likeness (QED) is 0.408. The number of rotatable bonds is 11. The van der Waals surface area contributed by atoms with E-state index in [9.17, 15) is 18.0 Å². The summed E-state index contributed by atoms with van der Waals surface area (Å²) in [5.41, 5.74) is 2.16. The number of likely N-dealkylation sites (N-methyl/N-ethyl adjacent to an activating group) is 1. The highest BCUT2D eigenvalue weighted by Crippen LogP contribution is 2.26. The van der Waals surface area contributed by atoms with E-state index >= 15 is 0 Å². The molecule has 3 aromatic carbocycles. The maximum Gasteiger partial charge on any atom is 0.244 e. The molecule has 0 aliphatic heterocycles. The molecule has 0 aromatic heterocycles. The number of nitrogens with one attached hydrogen (secondary N) is 1. The zero-order chi connectivity index (χ0) is 27.0. The normalized spacial score (nSPS) is 11.9. The van der Waals surface area contributed by atoms with Gasteiger partial charge in [0.15, 0.2) is 0 Å². The van der Waals surface area contributed by atoms with Gasteiger partial charge in [-0.25, -0.2) is 8.42 Å². The molecule has 0 aliphatic rings. The van der Waals surface area contributed by atoms with E-state index in [2.05, 4.69) is 5.32 Å². The van der Waals surface area contributed by atoms with E-state index in [1.54, 1.807) is 38.1 Å². The van der Waals surface area contributed by atoms with Crippen molar-refractivity contribution in [2.45, 2.75) is 33.4 Å². The smallest absolute Gasteiger partial charge is 0.244 e. The average Bonchev–Trinajstić information content (AvgIpc) is 2.87. The Balaban J connectivity index is 1.86. The molecular formula is C28H33N3O5S. The molecule has 0 aliphatic carbocycles. The molecule has 0 radical (unpaired) electrons. The van der Waals surface area contributed by atoms with Gasteiger partial charge in [0.1, 0.15) is 24.1 Å². The summed E-state index contributed by atoms with van der Waals surface area (Å²) in [5.74, 6) is 0.382. The number of carbonyl (C=O) groups excluding carboxylic acids is 2. The number of benzene rings is 3. The van der Waals surface area contributed by atoms with E-state index in [1.165, 1.54) is 4.90 Å². The zero-order valence-corrected chi connectivity index (χ0v) is 22.4. The third kappa shape index (κ3) is 7.57. The first-order valence-corrected chi connectivity index (χ1v) is 13.9. The molecule has 3 rings (SSSR count). The SMILES string of the molecule is CCNC(=O)[C@@H](C)N(Cc1ccccc1C)C(=O)CN(c1ccc(Oc2ccccc2)cc1)S(C)(=O)=O. The van der Waals surface area contributed by atoms with Gasteiger partial charge in [0.25, 0.3) is 0 Å². The molecule has 37 heavy (non-hydrogen) atoms. The maximum atomic E-state index is 13.6. The molecule has 196 valence electrons. The number of para-hydroxylation sites is 1. The molecule has 0 saturated heterocycles. The van der Waals surface area contributed by atoms with Crippen LogP contribution in [0.2, 0.25) is 0 Å². The molecule has 9 heteroatoms. The van der Waals surface area contributed by atoms with Crippen LogP contribution in [-0.2, 0) is 26.2 Å². The molecule has 2 amide bonds. The van der Waals surface area contributed by atoms with Crippen LogP contribution < -0.4 is 14.4 Å². The number of amides is 2. The summed E-state index contributed by atoms with van der Waals surface area (Å²) in [6.07, 6.45) is 1.05. The highest BCUT2D eigenvalue weighted by atomic mass is 32.2. The van der Waals surface area contributed by atoms with Gasteiger partial charge in [-0.1, -0.05) is 42.5 Å². The van der Waals surface area contributed by atoms with Gasteiger partial charge in [-0.3, -0.25) is 13.9 Å². The first kappa shape index (κ1) is 27.7. The van der Waals surface area contributed by atoms with Crippen LogP contribution in [-0.4, -0.2) is 50.5 Å². The average molecular weight is 524 g/mol. The summed E-state index contributed by atoms with van der Waals surface area (Å²) in [6.45, 7) is 5.51. The third-order valence-electron chi connectivity index (χ3n) is 5.90. The lowest BCUT2D eigenvalue weighted by molar-refractivity contribution is -0.139. The monoisotopic (exact) mass is 523 g/mol. The molecule has 3 aromatic rings. The highest BCUT2D eigenvalue weighted by molar-refractivity contribution is 7.92. The van der Waals surface area contributed by atoms with Crippen LogP contribution in [0.1, 0.15) is 25.0 Å². The fourth-order valence-electron chi connectivity index (χ4n) is 3.79. The molecule has 0 spiro atoms. The van der Waals surface area contributed by atoms with Crippen molar-refractivity contribution in [1.29, 1.82) is 0 Å². The largest absolute Gasteiger partial charge is 0.457 e. The number of ether oxygens (including phenoxy) is 1. The standard InChI is InChI=1S/C28H33N3O5S/c1-5-29-28(33)22(3)30(19-23-12-10-9-11-21(23)2)27(32)20-31(37(4,34)35)24-15-17-26(18-16-24)36-25-13-7-6-8-14-25/h6-18,22H,5,19-20H2,1-4H3,(H,29,33)/t22-/m1/s1. The molecule has 1 N–H and O–H groups in total. The van der Waals surface area contributed by atoms with Gasteiger partial charge < -0.3 is 15.0 Å². The van der Waals surface area contributed by atoms with Crippen LogP contribution in [0.4, 0.5) is 5.69 Å². The van der Waals surface area contributed by atoms with Crippen molar-refractivity contribution >= 4 is 27.5 Å². The second-order valence-electron chi connectivity index (χ2n) is 8.70. The van der Waals surface area contributed by atoms with Crippen molar-refractivity contribution in [2.75, 3.05) is 23.7 Å². The van der Waals surface area contributed by atoms with Crippen LogP contribution in [0.15, 0.2) is 78.9 Å². The van der Waals surface area contributed by atoms with Gasteiger partial charge in [0.05, 0.1) is 11.9 Å². The Kier molecular flexibility index (Phi) is 9.30. The van der Waals surface area contributed by atoms with E-state index in [1.807, 2.05) is 61.5 Å². The van der Waals surface area contributed by atoms with Crippen LogP contribution >= 0.6 is 0 Å². The summed E-state index contributed by atoms with van der Waals surface area (Å²) in [7, 11) is -3.81. The van der Waals surface area contributed by atoms with Gasteiger partial charge in [0.2, 0.25) is 21.8 Å². The lowest BCUT2D eigenvalue weighted by Gasteiger charge is -2.31. The van der Waals surface area contributed by atoms with Crippen LogP contribution in [0, 0.1) is 6.92 Å². The molecule has 0 saturated carbocycles. The van der Waals surface area contributed by atoms with E-state index in [-0.39, 0.29) is 12.5 Å². The predicted octanol–water partition coefficient (Wildman–Crippen LogP) is 4.11. The number of nitrogens with zero attached hydrogens (tertiary/aromatic N) is 2. The van der Waals surface area contributed by atoms with Crippen molar-refractivity contribution in [1.82, 2.24) is 10.2 Å². The summed E-state index contributed by atoms with van der Waals surface area (Å²) >= 11 is 0. The van der Waals surface area contributed by atoms with E-state index in [4.69, 9.17) is 4.74 Å². The minimum atomic E-state index is -3.81. The third-order valence-corrected chi connectivity index (χ3v) is 7.04. The topological polar surface area (TPSA) is 96.0 Å². The van der Waals surface area contributed by atoms with Crippen molar-refractivity contribution in [3.63, 3.8) is 0 Å².